The second-order valence-corrected chi connectivity index (χ2v) is 14.1. The average Bonchev–Trinajstić information content (AvgIpc) is 3.11. The third kappa shape index (κ3) is 33.5. The molecule has 0 saturated heterocycles. The number of hydrogen-bond donors (Lipinski definition) is 4. The lowest BCUT2D eigenvalue weighted by Crippen LogP contribution is -2.33. The molecule has 1 unspecified atom stereocenters. The Morgan fingerprint density at radius 1 is 0.569 bits per heavy atom. The smallest absolute Gasteiger partial charge is 0.462 e. The van der Waals surface area contributed by atoms with Crippen LogP contribution in [-0.4, -0.2) is 76.9 Å². The summed E-state index contributed by atoms with van der Waals surface area (Å²) in [4.78, 5) is 34.9. The van der Waals surface area contributed by atoms with E-state index in [-0.39, 0.29) is 19.4 Å². The van der Waals surface area contributed by atoms with Gasteiger partial charge in [-0.1, -0.05) is 88.1 Å². The summed E-state index contributed by atoms with van der Waals surface area (Å²) in [5.41, 5.74) is 0. The van der Waals surface area contributed by atoms with Crippen molar-refractivity contribution in [1.82, 2.24) is 0 Å². The van der Waals surface area contributed by atoms with Gasteiger partial charge < -0.3 is 29.7 Å². The lowest BCUT2D eigenvalue weighted by Gasteiger charge is -2.21. The molecule has 4 N–H and O–H groups in total. The number of unbranched alkanes of at least 4 members (excludes halogenated alkanes) is 12. The van der Waals surface area contributed by atoms with Gasteiger partial charge in [-0.3, -0.25) is 18.6 Å². The summed E-state index contributed by atoms with van der Waals surface area (Å²) in [5.74, 6) is -1.07. The highest BCUT2D eigenvalue weighted by Crippen LogP contribution is 2.43. The van der Waals surface area contributed by atoms with Crippen molar-refractivity contribution in [2.75, 3.05) is 26.4 Å². The molecule has 0 aromatic rings. The molecule has 0 aliphatic carbocycles. The molecule has 51 heavy (non-hydrogen) atoms. The topological polar surface area (TPSA) is 169 Å². The Morgan fingerprint density at radius 2 is 0.961 bits per heavy atom. The molecule has 0 aromatic heterocycles. The summed E-state index contributed by atoms with van der Waals surface area (Å²) >= 11 is 0. The van der Waals surface area contributed by atoms with Gasteiger partial charge >= 0.3 is 19.8 Å². The second kappa shape index (κ2) is 34.9. The third-order valence-electron chi connectivity index (χ3n) is 7.79. The molecule has 11 nitrogen and oxygen atoms in total. The Kier molecular flexibility index (Phi) is 33.5. The zero-order chi connectivity index (χ0) is 37.8. The maximum Gasteiger partial charge on any atom is 0.472 e. The van der Waals surface area contributed by atoms with E-state index >= 15 is 0 Å². The first-order chi connectivity index (χ1) is 24.6. The number of carbonyl (C=O) groups is 2. The largest absolute Gasteiger partial charge is 0.472 e. The Morgan fingerprint density at radius 3 is 1.39 bits per heavy atom. The van der Waals surface area contributed by atoms with E-state index in [1.54, 1.807) is 0 Å². The number of phosphoric acid groups is 1. The third-order valence-corrected chi connectivity index (χ3v) is 8.74. The number of esters is 2. The summed E-state index contributed by atoms with van der Waals surface area (Å²) in [5, 5.41) is 28.0. The summed E-state index contributed by atoms with van der Waals surface area (Å²) in [6.07, 6.45) is 31.6. The van der Waals surface area contributed by atoms with Crippen LogP contribution in [0.1, 0.15) is 142 Å². The summed E-state index contributed by atoms with van der Waals surface area (Å²) in [6.45, 7) is 1.82. The Hall–Kier alpha value is -2.11. The van der Waals surface area contributed by atoms with Gasteiger partial charge in [-0.25, -0.2) is 4.57 Å². The minimum Gasteiger partial charge on any atom is -0.462 e. The molecule has 0 spiro atoms. The number of aliphatic hydroxyl groups excluding tert-OH is 3. The number of rotatable bonds is 35. The normalized spacial score (nSPS) is 15.2. The molecular formula is C39H69O11P. The van der Waals surface area contributed by atoms with Gasteiger partial charge in [-0.05, 0) is 89.9 Å². The first-order valence-electron chi connectivity index (χ1n) is 19.2. The van der Waals surface area contributed by atoms with E-state index < -0.39 is 57.9 Å². The van der Waals surface area contributed by atoms with Gasteiger partial charge in [0.25, 0.3) is 0 Å². The van der Waals surface area contributed by atoms with Crippen molar-refractivity contribution in [1.29, 1.82) is 0 Å². The zero-order valence-corrected chi connectivity index (χ0v) is 32.3. The number of hydrogen-bond acceptors (Lipinski definition) is 10. The van der Waals surface area contributed by atoms with Gasteiger partial charge in [0, 0.05) is 12.8 Å². The van der Waals surface area contributed by atoms with Crippen LogP contribution in [0.3, 0.4) is 0 Å². The maximum atomic E-state index is 12.5. The fraction of sp³-hybridized carbons (Fsp3) is 0.744. The molecule has 0 aliphatic rings. The first kappa shape index (κ1) is 48.9. The van der Waals surface area contributed by atoms with Gasteiger partial charge in [0.05, 0.1) is 19.8 Å². The van der Waals surface area contributed by atoms with Crippen molar-refractivity contribution in [2.45, 2.75) is 161 Å². The standard InChI is InChI=1S/C39H69O11P/c1-3-5-7-9-11-13-15-17-19-21-23-25-27-29-38(43)47-32-35(33-48-51(45,46)49-34-37(42)36(41)31-40)50-39(44)30-28-26-24-22-20-18-16-14-12-10-8-6-4-2/h9-12,21-24,35-37,40-42H,3-8,13-20,25-34H2,1-2H3,(H,45,46)/b11-9?,12-10-,23-21?,24-22-/t35-,36-,37-/m1/s1. The summed E-state index contributed by atoms with van der Waals surface area (Å²) < 4.78 is 32.6. The highest BCUT2D eigenvalue weighted by molar-refractivity contribution is 7.47. The minimum absolute atomic E-state index is 0.0951. The van der Waals surface area contributed by atoms with Crippen LogP contribution in [0.4, 0.5) is 0 Å². The van der Waals surface area contributed by atoms with Crippen molar-refractivity contribution >= 4 is 19.8 Å². The Balaban J connectivity index is 4.62. The molecule has 0 aliphatic heterocycles. The fourth-order valence-electron chi connectivity index (χ4n) is 4.60. The molecule has 0 rings (SSSR count). The van der Waals surface area contributed by atoms with Crippen molar-refractivity contribution < 1.29 is 52.9 Å². The molecule has 0 fully saturated rings. The molecule has 0 radical (unpaired) electrons. The van der Waals surface area contributed by atoms with Crippen LogP contribution < -0.4 is 0 Å². The van der Waals surface area contributed by atoms with E-state index in [0.717, 1.165) is 70.6 Å². The molecule has 0 heterocycles. The SMILES string of the molecule is CCCCC=CCCCCC=CCCCC(=O)OC[C@H](COP(=O)(O)OC[C@@H](O)[C@H](O)CO)OC(=O)CCC/C=C\CCCC/C=C\CCCC. The van der Waals surface area contributed by atoms with E-state index in [1.807, 2.05) is 6.08 Å². The van der Waals surface area contributed by atoms with Crippen molar-refractivity contribution in [3.63, 3.8) is 0 Å². The molecule has 0 aromatic carbocycles. The number of aliphatic hydroxyl groups is 3. The van der Waals surface area contributed by atoms with Crippen molar-refractivity contribution in [3.8, 4) is 0 Å². The lowest BCUT2D eigenvalue weighted by atomic mass is 10.1. The number of carbonyl (C=O) groups excluding carboxylic acids is 2. The Labute approximate surface area is 307 Å². The molecule has 296 valence electrons. The molecular weight excluding hydrogens is 675 g/mol. The molecule has 0 bridgehead atoms. The summed E-state index contributed by atoms with van der Waals surface area (Å²) in [7, 11) is -4.74. The van der Waals surface area contributed by atoms with Gasteiger partial charge in [0.1, 0.15) is 18.8 Å². The molecule has 4 atom stereocenters. The van der Waals surface area contributed by atoms with Crippen LogP contribution in [0.25, 0.3) is 0 Å². The predicted molar refractivity (Wildman–Crippen MR) is 202 cm³/mol. The molecule has 12 heteroatoms. The van der Waals surface area contributed by atoms with Gasteiger partial charge in [0.15, 0.2) is 6.10 Å². The molecule has 0 saturated carbocycles. The van der Waals surface area contributed by atoms with Crippen LogP contribution in [0.5, 0.6) is 0 Å². The van der Waals surface area contributed by atoms with Crippen LogP contribution in [0, 0.1) is 0 Å². The van der Waals surface area contributed by atoms with Gasteiger partial charge in [-0.15, -0.1) is 0 Å². The summed E-state index contributed by atoms with van der Waals surface area (Å²) in [6, 6.07) is 0. The number of allylic oxidation sites excluding steroid dienone is 8. The van der Waals surface area contributed by atoms with Gasteiger partial charge in [0.2, 0.25) is 0 Å². The van der Waals surface area contributed by atoms with Crippen LogP contribution in [0.2, 0.25) is 0 Å². The predicted octanol–water partition coefficient (Wildman–Crippen LogP) is 8.36. The van der Waals surface area contributed by atoms with Crippen molar-refractivity contribution in [2.24, 2.45) is 0 Å². The van der Waals surface area contributed by atoms with E-state index in [1.165, 1.54) is 25.7 Å². The minimum atomic E-state index is -4.74. The Bertz CT molecular complexity index is 1010. The maximum absolute atomic E-state index is 12.5. The monoisotopic (exact) mass is 744 g/mol. The van der Waals surface area contributed by atoms with E-state index in [4.69, 9.17) is 19.1 Å². The van der Waals surface area contributed by atoms with Crippen LogP contribution >= 0.6 is 7.82 Å². The zero-order valence-electron chi connectivity index (χ0n) is 31.4. The highest BCUT2D eigenvalue weighted by atomic mass is 31.2. The first-order valence-corrected chi connectivity index (χ1v) is 20.7. The molecule has 0 amide bonds. The second-order valence-electron chi connectivity index (χ2n) is 12.7. The van der Waals surface area contributed by atoms with Crippen molar-refractivity contribution in [3.05, 3.63) is 48.6 Å². The average molecular weight is 745 g/mol. The fourth-order valence-corrected chi connectivity index (χ4v) is 5.37. The number of ether oxygens (including phenoxy) is 2. The van der Waals surface area contributed by atoms with E-state index in [0.29, 0.717) is 19.3 Å². The van der Waals surface area contributed by atoms with Crippen LogP contribution in [-0.2, 0) is 32.7 Å². The lowest BCUT2D eigenvalue weighted by molar-refractivity contribution is -0.161. The number of phosphoric ester groups is 1. The quantitative estimate of drug-likeness (QED) is 0.0213. The van der Waals surface area contributed by atoms with E-state index in [2.05, 4.69) is 60.9 Å². The van der Waals surface area contributed by atoms with Crippen LogP contribution in [0.15, 0.2) is 48.6 Å². The van der Waals surface area contributed by atoms with E-state index in [9.17, 15) is 29.3 Å². The van der Waals surface area contributed by atoms with Gasteiger partial charge in [-0.2, -0.15) is 0 Å². The highest BCUT2D eigenvalue weighted by Gasteiger charge is 2.28.